The largest absolute Gasteiger partial charge is 0.479 e. The lowest BCUT2D eigenvalue weighted by molar-refractivity contribution is 0.282. The van der Waals surface area contributed by atoms with Gasteiger partial charge in [0.1, 0.15) is 6.26 Å². The summed E-state index contributed by atoms with van der Waals surface area (Å²) in [7, 11) is 0. The van der Waals surface area contributed by atoms with E-state index in [1.54, 1.807) is 6.26 Å². The van der Waals surface area contributed by atoms with Crippen LogP contribution in [0, 0.1) is 0 Å². The minimum Gasteiger partial charge on any atom is -0.479 e. The van der Waals surface area contributed by atoms with Crippen molar-refractivity contribution in [2.75, 3.05) is 11.6 Å². The van der Waals surface area contributed by atoms with Gasteiger partial charge in [0.25, 0.3) is 0 Å². The van der Waals surface area contributed by atoms with Crippen molar-refractivity contribution in [3.63, 3.8) is 0 Å². The molecule has 2 rings (SSSR count). The van der Waals surface area contributed by atoms with E-state index in [1.165, 1.54) is 0 Å². The molecule has 0 unspecified atom stereocenters. The topological polar surface area (TPSA) is 12.5 Å². The molecule has 0 spiro atoms. The van der Waals surface area contributed by atoms with E-state index < -0.39 is 0 Å². The van der Waals surface area contributed by atoms with Crippen LogP contribution in [0.15, 0.2) is 41.2 Å². The Bertz CT molecular complexity index is 311. The highest BCUT2D eigenvalue weighted by molar-refractivity contribution is 9.10. The maximum absolute atomic E-state index is 5.08. The summed E-state index contributed by atoms with van der Waals surface area (Å²) in [6.07, 6.45) is 3.61. The summed E-state index contributed by atoms with van der Waals surface area (Å²) in [5, 5.41) is 0. The van der Waals surface area contributed by atoms with Crippen LogP contribution < -0.4 is 4.90 Å². The third-order valence-electron chi connectivity index (χ3n) is 1.69. The Hall–Kier alpha value is -0.960. The molecule has 0 saturated heterocycles. The number of hydrogen-bond donors (Lipinski definition) is 0. The van der Waals surface area contributed by atoms with Gasteiger partial charge in [0.05, 0.1) is 0 Å². The summed E-state index contributed by atoms with van der Waals surface area (Å²) in [6.45, 7) is 0.608. The van der Waals surface area contributed by atoms with Gasteiger partial charge in [0, 0.05) is 16.4 Å². The molecule has 12 heavy (non-hydrogen) atoms. The average Bonchev–Trinajstić information content (AvgIpc) is 2.56. The lowest BCUT2D eigenvalue weighted by Gasteiger charge is -2.13. The molecule has 0 aromatic heterocycles. The second-order valence-corrected chi connectivity index (χ2v) is 3.45. The van der Waals surface area contributed by atoms with Crippen LogP contribution in [-0.2, 0) is 4.74 Å². The Balaban J connectivity index is 2.27. The first kappa shape index (κ1) is 7.68. The van der Waals surface area contributed by atoms with Gasteiger partial charge in [-0.05, 0) is 18.2 Å². The first-order valence-corrected chi connectivity index (χ1v) is 4.46. The van der Waals surface area contributed by atoms with Gasteiger partial charge in [-0.3, -0.25) is 0 Å². The van der Waals surface area contributed by atoms with Crippen molar-refractivity contribution in [1.82, 2.24) is 0 Å². The Kier molecular flexibility index (Phi) is 2.04. The van der Waals surface area contributed by atoms with E-state index in [1.807, 2.05) is 29.3 Å². The Labute approximate surface area is 79.6 Å². The van der Waals surface area contributed by atoms with E-state index in [9.17, 15) is 0 Å². The smallest absolute Gasteiger partial charge is 0.164 e. The van der Waals surface area contributed by atoms with E-state index in [0.29, 0.717) is 6.73 Å². The number of anilines is 1. The first-order chi connectivity index (χ1) is 5.86. The van der Waals surface area contributed by atoms with Gasteiger partial charge in [-0.25, -0.2) is 0 Å². The molecule has 0 saturated carbocycles. The molecular formula is C9H8BrNO. The van der Waals surface area contributed by atoms with Gasteiger partial charge < -0.3 is 9.64 Å². The molecule has 0 radical (unpaired) electrons. The van der Waals surface area contributed by atoms with Crippen molar-refractivity contribution in [1.29, 1.82) is 0 Å². The number of ether oxygens (including phenoxy) is 1. The molecule has 1 aliphatic rings. The predicted octanol–water partition coefficient (Wildman–Crippen LogP) is 2.71. The highest BCUT2D eigenvalue weighted by Crippen LogP contribution is 2.21. The van der Waals surface area contributed by atoms with Crippen molar-refractivity contribution < 1.29 is 4.74 Å². The monoisotopic (exact) mass is 225 g/mol. The Morgan fingerprint density at radius 2 is 2.33 bits per heavy atom. The molecule has 0 atom stereocenters. The minimum absolute atomic E-state index is 0.608. The van der Waals surface area contributed by atoms with Crippen molar-refractivity contribution in [2.45, 2.75) is 0 Å². The van der Waals surface area contributed by atoms with Crippen LogP contribution in [0.5, 0.6) is 0 Å². The molecule has 1 aliphatic heterocycles. The minimum atomic E-state index is 0.608. The maximum Gasteiger partial charge on any atom is 0.164 e. The third kappa shape index (κ3) is 1.46. The predicted molar refractivity (Wildman–Crippen MR) is 51.7 cm³/mol. The summed E-state index contributed by atoms with van der Waals surface area (Å²) in [4.78, 5) is 2.03. The van der Waals surface area contributed by atoms with Crippen LogP contribution in [0.3, 0.4) is 0 Å². The number of nitrogens with zero attached hydrogens (tertiary/aromatic N) is 1. The van der Waals surface area contributed by atoms with Gasteiger partial charge in [0.2, 0.25) is 0 Å². The van der Waals surface area contributed by atoms with Gasteiger partial charge in [-0.1, -0.05) is 22.0 Å². The van der Waals surface area contributed by atoms with Crippen molar-refractivity contribution in [3.05, 3.63) is 41.2 Å². The molecule has 1 aromatic carbocycles. The van der Waals surface area contributed by atoms with Crippen LogP contribution in [0.25, 0.3) is 0 Å². The SMILES string of the molecule is Brc1cccc(N2C=COC2)c1. The van der Waals surface area contributed by atoms with Gasteiger partial charge in [-0.2, -0.15) is 0 Å². The first-order valence-electron chi connectivity index (χ1n) is 3.67. The standard InChI is InChI=1S/C9H8BrNO/c10-8-2-1-3-9(6-8)11-4-5-12-7-11/h1-6H,7H2. The van der Waals surface area contributed by atoms with Crippen LogP contribution in [0.2, 0.25) is 0 Å². The molecule has 0 amide bonds. The van der Waals surface area contributed by atoms with E-state index in [0.717, 1.165) is 10.2 Å². The Morgan fingerprint density at radius 3 is 3.00 bits per heavy atom. The van der Waals surface area contributed by atoms with Gasteiger partial charge >= 0.3 is 0 Å². The molecule has 0 bridgehead atoms. The molecule has 1 heterocycles. The highest BCUT2D eigenvalue weighted by atomic mass is 79.9. The molecule has 2 nitrogen and oxygen atoms in total. The van der Waals surface area contributed by atoms with Crippen LogP contribution >= 0.6 is 15.9 Å². The maximum atomic E-state index is 5.08. The average molecular weight is 226 g/mol. The lowest BCUT2D eigenvalue weighted by atomic mass is 10.3. The normalized spacial score (nSPS) is 14.9. The van der Waals surface area contributed by atoms with E-state index in [-0.39, 0.29) is 0 Å². The fraction of sp³-hybridized carbons (Fsp3) is 0.111. The summed E-state index contributed by atoms with van der Waals surface area (Å²) in [5.74, 6) is 0. The van der Waals surface area contributed by atoms with E-state index in [2.05, 4.69) is 22.0 Å². The summed E-state index contributed by atoms with van der Waals surface area (Å²) in [6, 6.07) is 8.11. The summed E-state index contributed by atoms with van der Waals surface area (Å²) in [5.41, 5.74) is 1.14. The molecule has 62 valence electrons. The number of benzene rings is 1. The highest BCUT2D eigenvalue weighted by Gasteiger charge is 2.06. The van der Waals surface area contributed by atoms with Crippen LogP contribution in [0.1, 0.15) is 0 Å². The van der Waals surface area contributed by atoms with E-state index >= 15 is 0 Å². The summed E-state index contributed by atoms with van der Waals surface area (Å²) < 4.78 is 6.17. The Morgan fingerprint density at radius 1 is 1.42 bits per heavy atom. The zero-order valence-corrected chi connectivity index (χ0v) is 7.99. The van der Waals surface area contributed by atoms with Crippen LogP contribution in [0.4, 0.5) is 5.69 Å². The third-order valence-corrected chi connectivity index (χ3v) is 2.18. The quantitative estimate of drug-likeness (QED) is 0.729. The molecule has 0 N–H and O–H groups in total. The van der Waals surface area contributed by atoms with Crippen molar-refractivity contribution in [2.24, 2.45) is 0 Å². The van der Waals surface area contributed by atoms with Crippen LogP contribution in [-0.4, -0.2) is 6.73 Å². The van der Waals surface area contributed by atoms with Crippen molar-refractivity contribution >= 4 is 21.6 Å². The summed E-state index contributed by atoms with van der Waals surface area (Å²) >= 11 is 3.42. The van der Waals surface area contributed by atoms with E-state index in [4.69, 9.17) is 4.74 Å². The molecule has 1 aromatic rings. The zero-order chi connectivity index (χ0) is 8.39. The fourth-order valence-electron chi connectivity index (χ4n) is 1.10. The second kappa shape index (κ2) is 3.19. The molecule has 3 heteroatoms. The molecular weight excluding hydrogens is 218 g/mol. The number of halogens is 1. The molecule has 0 aliphatic carbocycles. The van der Waals surface area contributed by atoms with Crippen molar-refractivity contribution in [3.8, 4) is 0 Å². The zero-order valence-electron chi connectivity index (χ0n) is 6.40. The lowest BCUT2D eigenvalue weighted by Crippen LogP contribution is -2.12. The van der Waals surface area contributed by atoms with Gasteiger partial charge in [0.15, 0.2) is 6.73 Å². The second-order valence-electron chi connectivity index (χ2n) is 2.53. The number of rotatable bonds is 1. The molecule has 0 fully saturated rings. The fourth-order valence-corrected chi connectivity index (χ4v) is 1.49. The van der Waals surface area contributed by atoms with Gasteiger partial charge in [-0.15, -0.1) is 0 Å². The number of hydrogen-bond acceptors (Lipinski definition) is 2.